The highest BCUT2D eigenvalue weighted by Crippen LogP contribution is 2.21. The van der Waals surface area contributed by atoms with Crippen LogP contribution in [0.3, 0.4) is 0 Å². The second-order valence-electron chi connectivity index (χ2n) is 9.50. The van der Waals surface area contributed by atoms with E-state index in [1.165, 1.54) is 4.90 Å². The first-order chi connectivity index (χ1) is 16.2. The van der Waals surface area contributed by atoms with Gasteiger partial charge in [-0.15, -0.1) is 6.58 Å². The molecule has 0 fully saturated rings. The monoisotopic (exact) mass is 458 g/mol. The summed E-state index contributed by atoms with van der Waals surface area (Å²) in [5, 5.41) is 2.22. The fourth-order valence-corrected chi connectivity index (χ4v) is 3.90. The van der Waals surface area contributed by atoms with Gasteiger partial charge >= 0.3 is 6.09 Å². The molecule has 0 unspecified atom stereocenters. The zero-order valence-electron chi connectivity index (χ0n) is 20.5. The quantitative estimate of drug-likeness (QED) is 0.399. The van der Waals surface area contributed by atoms with Crippen LogP contribution < -0.4 is 0 Å². The van der Waals surface area contributed by atoms with Gasteiger partial charge in [0.25, 0.3) is 0 Å². The van der Waals surface area contributed by atoms with Gasteiger partial charge in [0, 0.05) is 26.6 Å². The Hall–Kier alpha value is -3.60. The number of amides is 2. The third-order valence-corrected chi connectivity index (χ3v) is 5.50. The molecule has 3 rings (SSSR count). The summed E-state index contributed by atoms with van der Waals surface area (Å²) >= 11 is 0. The molecular formula is C29H34N2O3. The Kier molecular flexibility index (Phi) is 8.11. The Morgan fingerprint density at radius 1 is 0.941 bits per heavy atom. The van der Waals surface area contributed by atoms with E-state index in [9.17, 15) is 9.59 Å². The van der Waals surface area contributed by atoms with E-state index in [2.05, 4.69) is 18.7 Å². The minimum Gasteiger partial charge on any atom is -0.444 e. The molecule has 3 aromatic rings. The number of likely N-dealkylation sites (N-methyl/N-ethyl adjacent to an activating group) is 1. The van der Waals surface area contributed by atoms with Crippen molar-refractivity contribution in [1.82, 2.24) is 9.80 Å². The number of ether oxygens (including phenoxy) is 1. The highest BCUT2D eigenvalue weighted by atomic mass is 16.6. The number of hydrogen-bond donors (Lipinski definition) is 0. The molecule has 0 radical (unpaired) electrons. The van der Waals surface area contributed by atoms with Gasteiger partial charge in [0.1, 0.15) is 11.6 Å². The average Bonchev–Trinajstić information content (AvgIpc) is 2.80. The molecule has 34 heavy (non-hydrogen) atoms. The summed E-state index contributed by atoms with van der Waals surface area (Å²) in [6.07, 6.45) is 1.47. The second-order valence-corrected chi connectivity index (χ2v) is 9.50. The van der Waals surface area contributed by atoms with Gasteiger partial charge in [-0.25, -0.2) is 4.79 Å². The van der Waals surface area contributed by atoms with E-state index in [1.807, 2.05) is 81.4 Å². The summed E-state index contributed by atoms with van der Waals surface area (Å²) in [5.41, 5.74) is 1.32. The van der Waals surface area contributed by atoms with E-state index in [4.69, 9.17) is 4.74 Å². The van der Waals surface area contributed by atoms with Crippen molar-refractivity contribution >= 4 is 22.8 Å². The molecule has 0 spiro atoms. The van der Waals surface area contributed by atoms with Crippen LogP contribution in [0.15, 0.2) is 85.5 Å². The molecular weight excluding hydrogens is 424 g/mol. The van der Waals surface area contributed by atoms with E-state index >= 15 is 0 Å². The molecule has 0 saturated heterocycles. The minimum atomic E-state index is -0.734. The molecule has 0 aliphatic heterocycles. The number of carbonyl (C=O) groups excluding carboxylic acids is 2. The summed E-state index contributed by atoms with van der Waals surface area (Å²) in [5.74, 6) is -0.148. The minimum absolute atomic E-state index is 0.148. The summed E-state index contributed by atoms with van der Waals surface area (Å²) in [4.78, 5) is 30.1. The van der Waals surface area contributed by atoms with Gasteiger partial charge in [-0.05, 0) is 42.7 Å². The van der Waals surface area contributed by atoms with Gasteiger partial charge in [0.05, 0.1) is 0 Å². The first-order valence-corrected chi connectivity index (χ1v) is 11.5. The normalized spacial score (nSPS) is 12.1. The van der Waals surface area contributed by atoms with E-state index < -0.39 is 17.7 Å². The molecule has 5 heteroatoms. The van der Waals surface area contributed by atoms with Crippen LogP contribution in [0.2, 0.25) is 0 Å². The van der Waals surface area contributed by atoms with Crippen molar-refractivity contribution in [3.63, 3.8) is 0 Å². The summed E-state index contributed by atoms with van der Waals surface area (Å²) in [6, 6.07) is 23.3. The van der Waals surface area contributed by atoms with Crippen molar-refractivity contribution in [3.8, 4) is 0 Å². The molecule has 0 N–H and O–H groups in total. The third kappa shape index (κ3) is 6.70. The summed E-state index contributed by atoms with van der Waals surface area (Å²) < 4.78 is 5.66. The fourth-order valence-electron chi connectivity index (χ4n) is 3.90. The number of hydrogen-bond acceptors (Lipinski definition) is 3. The van der Waals surface area contributed by atoms with Crippen LogP contribution >= 0.6 is 0 Å². The fraction of sp³-hybridized carbons (Fsp3) is 0.310. The van der Waals surface area contributed by atoms with Gasteiger partial charge in [-0.3, -0.25) is 9.69 Å². The standard InChI is InChI=1S/C29H34N2O3/c1-6-18-31(28(33)34-29(2,3)4)26(27(32)30(5)21-22-12-8-7-9-13-22)20-23-16-17-24-14-10-11-15-25(24)19-23/h6-17,19,26H,1,18,20-21H2,2-5H3/t26-/m0/s1. The number of benzene rings is 3. The van der Waals surface area contributed by atoms with E-state index in [0.717, 1.165) is 21.9 Å². The molecule has 3 aromatic carbocycles. The molecule has 178 valence electrons. The predicted octanol–water partition coefficient (Wildman–Crippen LogP) is 5.83. The van der Waals surface area contributed by atoms with Crippen LogP contribution in [-0.2, 0) is 22.5 Å². The maximum absolute atomic E-state index is 13.7. The van der Waals surface area contributed by atoms with Gasteiger partial charge in [0.15, 0.2) is 0 Å². The van der Waals surface area contributed by atoms with Gasteiger partial charge < -0.3 is 9.64 Å². The average molecular weight is 459 g/mol. The molecule has 1 atom stereocenters. The Bertz CT molecular complexity index is 1130. The molecule has 0 heterocycles. The lowest BCUT2D eigenvalue weighted by atomic mass is 9.99. The van der Waals surface area contributed by atoms with Crippen LogP contribution in [0.1, 0.15) is 31.9 Å². The van der Waals surface area contributed by atoms with Crippen LogP contribution in [0.4, 0.5) is 4.79 Å². The smallest absolute Gasteiger partial charge is 0.411 e. The van der Waals surface area contributed by atoms with Crippen LogP contribution in [0, 0.1) is 0 Å². The Morgan fingerprint density at radius 3 is 2.24 bits per heavy atom. The molecule has 0 aliphatic rings. The van der Waals surface area contributed by atoms with Gasteiger partial charge in [0.2, 0.25) is 5.91 Å². The van der Waals surface area contributed by atoms with E-state index in [0.29, 0.717) is 13.0 Å². The first kappa shape index (κ1) is 25.0. The highest BCUT2D eigenvalue weighted by Gasteiger charge is 2.34. The lowest BCUT2D eigenvalue weighted by molar-refractivity contribution is -0.136. The van der Waals surface area contributed by atoms with Crippen molar-refractivity contribution < 1.29 is 14.3 Å². The number of carbonyl (C=O) groups is 2. The molecule has 5 nitrogen and oxygen atoms in total. The van der Waals surface area contributed by atoms with Crippen LogP contribution in [0.5, 0.6) is 0 Å². The number of rotatable bonds is 8. The lowest BCUT2D eigenvalue weighted by Gasteiger charge is -2.34. The predicted molar refractivity (Wildman–Crippen MR) is 137 cm³/mol. The molecule has 0 saturated carbocycles. The van der Waals surface area contributed by atoms with Crippen molar-refractivity contribution in [2.45, 2.75) is 45.4 Å². The number of fused-ring (bicyclic) bond motifs is 1. The molecule has 0 bridgehead atoms. The first-order valence-electron chi connectivity index (χ1n) is 11.5. The van der Waals surface area contributed by atoms with Crippen molar-refractivity contribution in [3.05, 3.63) is 96.6 Å². The lowest BCUT2D eigenvalue weighted by Crippen LogP contribution is -2.52. The molecule has 0 aliphatic carbocycles. The SMILES string of the molecule is C=CCN(C(=O)OC(C)(C)C)[C@@H](Cc1ccc2ccccc2c1)C(=O)N(C)Cc1ccccc1. The molecule has 0 aromatic heterocycles. The third-order valence-electron chi connectivity index (χ3n) is 5.50. The van der Waals surface area contributed by atoms with Crippen LogP contribution in [0.25, 0.3) is 10.8 Å². The van der Waals surface area contributed by atoms with E-state index in [-0.39, 0.29) is 12.5 Å². The molecule has 2 amide bonds. The topological polar surface area (TPSA) is 49.9 Å². The number of nitrogens with zero attached hydrogens (tertiary/aromatic N) is 2. The van der Waals surface area contributed by atoms with Crippen LogP contribution in [-0.4, -0.2) is 47.0 Å². The Labute approximate surface area is 202 Å². The summed E-state index contributed by atoms with van der Waals surface area (Å²) in [7, 11) is 1.77. The highest BCUT2D eigenvalue weighted by molar-refractivity contribution is 5.87. The second kappa shape index (κ2) is 11.0. The zero-order chi connectivity index (χ0) is 24.7. The van der Waals surface area contributed by atoms with E-state index in [1.54, 1.807) is 18.0 Å². The largest absolute Gasteiger partial charge is 0.444 e. The zero-order valence-corrected chi connectivity index (χ0v) is 20.5. The Morgan fingerprint density at radius 2 is 1.59 bits per heavy atom. The van der Waals surface area contributed by atoms with Crippen molar-refractivity contribution in [2.75, 3.05) is 13.6 Å². The van der Waals surface area contributed by atoms with Crippen molar-refractivity contribution in [2.24, 2.45) is 0 Å². The maximum Gasteiger partial charge on any atom is 0.411 e. The van der Waals surface area contributed by atoms with Crippen molar-refractivity contribution in [1.29, 1.82) is 0 Å². The maximum atomic E-state index is 13.7. The summed E-state index contributed by atoms with van der Waals surface area (Å²) in [6.45, 7) is 9.92. The van der Waals surface area contributed by atoms with Gasteiger partial charge in [-0.1, -0.05) is 78.9 Å². The Balaban J connectivity index is 1.94. The van der Waals surface area contributed by atoms with Gasteiger partial charge in [-0.2, -0.15) is 0 Å².